The first-order valence-corrected chi connectivity index (χ1v) is 13.7. The average molecular weight is 500 g/mol. The molecular weight excluding hydrogens is 470 g/mol. The number of esters is 1. The Kier molecular flexibility index (Phi) is 6.57. The number of Topliss-reactive ketones (excluding diaryl/α,β-unsaturated/α-hetero) is 1. The van der Waals surface area contributed by atoms with Crippen molar-refractivity contribution >= 4 is 32.9 Å². The number of benzene rings is 1. The second kappa shape index (κ2) is 9.15. The Hall–Kier alpha value is -2.71. The third-order valence-corrected chi connectivity index (χ3v) is 9.56. The number of sulfone groups is 1. The normalized spacial score (nSPS) is 15.2. The van der Waals surface area contributed by atoms with Crippen molar-refractivity contribution in [3.05, 3.63) is 69.9 Å². The number of carbonyl (C=O) groups is 2. The van der Waals surface area contributed by atoms with Gasteiger partial charge in [-0.2, -0.15) is 0 Å². The third-order valence-electron chi connectivity index (χ3n) is 6.30. The fourth-order valence-corrected chi connectivity index (χ4v) is 7.41. The van der Waals surface area contributed by atoms with Crippen molar-refractivity contribution in [2.75, 3.05) is 6.61 Å². The number of rotatable bonds is 7. The van der Waals surface area contributed by atoms with Crippen LogP contribution in [0.4, 0.5) is 0 Å². The molecule has 0 amide bonds. The van der Waals surface area contributed by atoms with E-state index in [4.69, 9.17) is 4.74 Å². The van der Waals surface area contributed by atoms with E-state index in [1.54, 1.807) is 42.6 Å². The molecular formula is C26H29NO5S2. The predicted octanol–water partition coefficient (Wildman–Crippen LogP) is 5.00. The second-order valence-corrected chi connectivity index (χ2v) is 12.5. The second-order valence-electron chi connectivity index (χ2n) is 9.44. The fraction of sp³-hybridized carbons (Fsp3) is 0.385. The summed E-state index contributed by atoms with van der Waals surface area (Å²) in [5.41, 5.74) is 3.46. The van der Waals surface area contributed by atoms with Crippen molar-refractivity contribution in [2.45, 2.75) is 62.6 Å². The SMILES string of the molecule is CCOC(=O)Cn1c(C)c(Cc2ccccc2S(=O)(=O)c2cccs2)c2c1CC(C)(C)CC2=O. The van der Waals surface area contributed by atoms with Crippen LogP contribution >= 0.6 is 11.3 Å². The van der Waals surface area contributed by atoms with Gasteiger partial charge in [0, 0.05) is 29.8 Å². The highest BCUT2D eigenvalue weighted by molar-refractivity contribution is 7.93. The van der Waals surface area contributed by atoms with E-state index in [1.165, 1.54) is 11.3 Å². The quantitative estimate of drug-likeness (QED) is 0.427. The minimum atomic E-state index is -3.68. The summed E-state index contributed by atoms with van der Waals surface area (Å²) in [4.78, 5) is 25.9. The van der Waals surface area contributed by atoms with Crippen LogP contribution in [0.2, 0.25) is 0 Å². The van der Waals surface area contributed by atoms with Gasteiger partial charge in [-0.25, -0.2) is 8.42 Å². The van der Waals surface area contributed by atoms with Crippen LogP contribution in [0.3, 0.4) is 0 Å². The van der Waals surface area contributed by atoms with Crippen molar-refractivity contribution in [3.63, 3.8) is 0 Å². The topological polar surface area (TPSA) is 82.4 Å². The van der Waals surface area contributed by atoms with E-state index >= 15 is 0 Å². The zero-order valence-corrected chi connectivity index (χ0v) is 21.5. The lowest BCUT2D eigenvalue weighted by molar-refractivity contribution is -0.143. The zero-order chi connectivity index (χ0) is 24.7. The Morgan fingerprint density at radius 1 is 1.15 bits per heavy atom. The maximum Gasteiger partial charge on any atom is 0.325 e. The number of hydrogen-bond acceptors (Lipinski definition) is 6. The van der Waals surface area contributed by atoms with E-state index in [0.29, 0.717) is 24.0 Å². The number of thiophene rings is 1. The van der Waals surface area contributed by atoms with Gasteiger partial charge in [-0.15, -0.1) is 11.3 Å². The number of ether oxygens (including phenoxy) is 1. The summed E-state index contributed by atoms with van der Waals surface area (Å²) >= 11 is 1.18. The van der Waals surface area contributed by atoms with Crippen LogP contribution in [-0.4, -0.2) is 31.3 Å². The van der Waals surface area contributed by atoms with Gasteiger partial charge >= 0.3 is 5.97 Å². The number of carbonyl (C=O) groups excluding carboxylic acids is 2. The molecule has 0 bridgehead atoms. The molecule has 1 aromatic carbocycles. The molecule has 2 aromatic heterocycles. The fourth-order valence-electron chi connectivity index (χ4n) is 4.80. The molecule has 0 radical (unpaired) electrons. The Morgan fingerprint density at radius 3 is 2.56 bits per heavy atom. The van der Waals surface area contributed by atoms with Crippen LogP contribution in [0.1, 0.15) is 60.1 Å². The van der Waals surface area contributed by atoms with Gasteiger partial charge in [0.25, 0.3) is 0 Å². The molecule has 2 heterocycles. The lowest BCUT2D eigenvalue weighted by Gasteiger charge is -2.30. The lowest BCUT2D eigenvalue weighted by atomic mass is 9.75. The molecule has 1 aliphatic carbocycles. The minimum Gasteiger partial charge on any atom is -0.465 e. The van der Waals surface area contributed by atoms with Gasteiger partial charge in [0.15, 0.2) is 5.78 Å². The summed E-state index contributed by atoms with van der Waals surface area (Å²) in [5, 5.41) is 1.74. The summed E-state index contributed by atoms with van der Waals surface area (Å²) in [6.07, 6.45) is 1.35. The van der Waals surface area contributed by atoms with E-state index < -0.39 is 9.84 Å². The molecule has 1 aliphatic rings. The summed E-state index contributed by atoms with van der Waals surface area (Å²) in [6, 6.07) is 10.3. The van der Waals surface area contributed by atoms with E-state index in [9.17, 15) is 18.0 Å². The van der Waals surface area contributed by atoms with E-state index in [-0.39, 0.29) is 45.8 Å². The van der Waals surface area contributed by atoms with Crippen LogP contribution in [-0.2, 0) is 38.8 Å². The smallest absolute Gasteiger partial charge is 0.325 e. The Bertz CT molecular complexity index is 1350. The predicted molar refractivity (Wildman–Crippen MR) is 131 cm³/mol. The van der Waals surface area contributed by atoms with Crippen LogP contribution in [0, 0.1) is 12.3 Å². The molecule has 0 aliphatic heterocycles. The molecule has 0 saturated carbocycles. The number of fused-ring (bicyclic) bond motifs is 1. The van der Waals surface area contributed by atoms with Gasteiger partial charge in [0.05, 0.1) is 11.5 Å². The first kappa shape index (κ1) is 24.4. The molecule has 8 heteroatoms. The van der Waals surface area contributed by atoms with Crippen LogP contribution in [0.5, 0.6) is 0 Å². The molecule has 0 fully saturated rings. The Morgan fingerprint density at radius 2 is 1.88 bits per heavy atom. The van der Waals surface area contributed by atoms with Gasteiger partial charge in [-0.05, 0) is 54.3 Å². The van der Waals surface area contributed by atoms with Crippen LogP contribution < -0.4 is 0 Å². The van der Waals surface area contributed by atoms with Crippen LogP contribution in [0.15, 0.2) is 50.9 Å². The van der Waals surface area contributed by atoms with Crippen molar-refractivity contribution in [3.8, 4) is 0 Å². The number of ketones is 1. The van der Waals surface area contributed by atoms with Gasteiger partial charge in [-0.1, -0.05) is 38.1 Å². The number of hydrogen-bond donors (Lipinski definition) is 0. The molecule has 4 rings (SSSR count). The Labute approximate surface area is 204 Å². The summed E-state index contributed by atoms with van der Waals surface area (Å²) in [6.45, 7) is 8.07. The van der Waals surface area contributed by atoms with E-state index in [1.807, 2.05) is 31.4 Å². The van der Waals surface area contributed by atoms with Gasteiger partial charge in [0.2, 0.25) is 9.84 Å². The van der Waals surface area contributed by atoms with E-state index in [2.05, 4.69) is 0 Å². The third kappa shape index (κ3) is 4.49. The molecule has 0 saturated heterocycles. The first-order valence-electron chi connectivity index (χ1n) is 11.3. The average Bonchev–Trinajstić information content (AvgIpc) is 3.38. The molecule has 0 spiro atoms. The van der Waals surface area contributed by atoms with Crippen molar-refractivity contribution in [1.82, 2.24) is 4.57 Å². The highest BCUT2D eigenvalue weighted by Gasteiger charge is 2.37. The van der Waals surface area contributed by atoms with Gasteiger partial charge < -0.3 is 9.30 Å². The molecule has 0 atom stereocenters. The molecule has 3 aromatic rings. The molecule has 180 valence electrons. The maximum atomic E-state index is 13.3. The Balaban J connectivity index is 1.84. The zero-order valence-electron chi connectivity index (χ0n) is 19.9. The van der Waals surface area contributed by atoms with Crippen molar-refractivity contribution in [1.29, 1.82) is 0 Å². The number of aromatic nitrogens is 1. The number of nitrogens with zero attached hydrogens (tertiary/aromatic N) is 1. The standard InChI is InChI=1S/C26H29NO5S2/c1-5-32-23(29)16-27-17(2)19(25-20(27)14-26(3,4)15-21(25)28)13-18-9-6-7-10-22(18)34(30,31)24-11-8-12-33-24/h6-12H,5,13-16H2,1-4H3. The minimum absolute atomic E-state index is 0.0283. The van der Waals surface area contributed by atoms with E-state index in [0.717, 1.165) is 17.0 Å². The van der Waals surface area contributed by atoms with Crippen molar-refractivity contribution in [2.24, 2.45) is 5.41 Å². The summed E-state index contributed by atoms with van der Waals surface area (Å²) in [7, 11) is -3.68. The lowest BCUT2D eigenvalue weighted by Crippen LogP contribution is -2.29. The van der Waals surface area contributed by atoms with Gasteiger partial charge in [-0.3, -0.25) is 9.59 Å². The first-order chi connectivity index (χ1) is 16.0. The molecule has 0 unspecified atom stereocenters. The largest absolute Gasteiger partial charge is 0.465 e. The van der Waals surface area contributed by atoms with Crippen molar-refractivity contribution < 1.29 is 22.7 Å². The summed E-state index contributed by atoms with van der Waals surface area (Å²) in [5.74, 6) is -0.322. The molecule has 0 N–H and O–H groups in total. The monoisotopic (exact) mass is 499 g/mol. The summed E-state index contributed by atoms with van der Waals surface area (Å²) < 4.78 is 34.0. The van der Waals surface area contributed by atoms with Gasteiger partial charge in [0.1, 0.15) is 10.8 Å². The highest BCUT2D eigenvalue weighted by atomic mass is 32.2. The van der Waals surface area contributed by atoms with Crippen LogP contribution in [0.25, 0.3) is 0 Å². The maximum absolute atomic E-state index is 13.3. The molecule has 6 nitrogen and oxygen atoms in total. The molecule has 34 heavy (non-hydrogen) atoms. The highest BCUT2D eigenvalue weighted by Crippen LogP contribution is 2.40.